The van der Waals surface area contributed by atoms with Crippen LogP contribution in [0.15, 0.2) is 18.2 Å². The van der Waals surface area contributed by atoms with Crippen molar-refractivity contribution >= 4 is 0 Å². The Hall–Kier alpha value is -3.04. The van der Waals surface area contributed by atoms with Gasteiger partial charge in [-0.3, -0.25) is 0 Å². The van der Waals surface area contributed by atoms with Gasteiger partial charge in [0.05, 0.1) is 41.7 Å². The van der Waals surface area contributed by atoms with E-state index in [1.54, 1.807) is 18.2 Å². The Bertz CT molecular complexity index is 1210. The van der Waals surface area contributed by atoms with Crippen molar-refractivity contribution < 1.29 is 64.2 Å². The maximum absolute atomic E-state index is 10.9. The van der Waals surface area contributed by atoms with Crippen LogP contribution >= 0.6 is 0 Å². The molecule has 2 aromatic rings. The van der Waals surface area contributed by atoms with Crippen LogP contribution in [0.1, 0.15) is 35.4 Å². The molecular formula is C29H40O13. The summed E-state index contributed by atoms with van der Waals surface area (Å²) in [5.74, 6) is -0.0821. The van der Waals surface area contributed by atoms with Crippen LogP contribution in [-0.4, -0.2) is 115 Å². The van der Waals surface area contributed by atoms with Crippen molar-refractivity contribution in [3.63, 3.8) is 0 Å². The zero-order valence-corrected chi connectivity index (χ0v) is 24.0. The van der Waals surface area contributed by atoms with Gasteiger partial charge >= 0.3 is 0 Å². The summed E-state index contributed by atoms with van der Waals surface area (Å²) in [6.45, 7) is -0.862. The number of rotatable bonds is 11. The second-order valence-electron chi connectivity index (χ2n) is 10.7. The van der Waals surface area contributed by atoms with Gasteiger partial charge in [-0.05, 0) is 48.6 Å². The number of benzene rings is 2. The molecule has 1 aliphatic carbocycles. The Kier molecular flexibility index (Phi) is 9.93. The van der Waals surface area contributed by atoms with Crippen LogP contribution in [-0.2, 0) is 15.9 Å². The third-order valence-electron chi connectivity index (χ3n) is 8.32. The molecule has 7 N–H and O–H groups in total. The van der Waals surface area contributed by atoms with E-state index in [-0.39, 0.29) is 54.1 Å². The molecule has 0 spiro atoms. The van der Waals surface area contributed by atoms with Gasteiger partial charge in [0.2, 0.25) is 11.5 Å². The quantitative estimate of drug-likeness (QED) is 0.188. The molecule has 2 aromatic carbocycles. The molecule has 0 saturated carbocycles. The lowest BCUT2D eigenvalue weighted by atomic mass is 9.64. The smallest absolute Gasteiger partial charge is 0.201 e. The summed E-state index contributed by atoms with van der Waals surface area (Å²) in [5.41, 5.74) is 1.28. The Balaban J connectivity index is 1.72. The average molecular weight is 597 g/mol. The van der Waals surface area contributed by atoms with Crippen LogP contribution in [0, 0.1) is 5.41 Å². The van der Waals surface area contributed by atoms with E-state index in [9.17, 15) is 35.7 Å². The Labute approximate surface area is 243 Å². The predicted octanol–water partition coefficient (Wildman–Crippen LogP) is 0.396. The number of aliphatic hydroxyl groups is 5. The fourth-order valence-electron chi connectivity index (χ4n) is 5.98. The number of phenolic OH excluding ortho intramolecular Hbond substituents is 2. The third kappa shape index (κ3) is 5.78. The van der Waals surface area contributed by atoms with Gasteiger partial charge in [0.1, 0.15) is 24.4 Å². The number of aliphatic hydroxyl groups excluding tert-OH is 5. The maximum Gasteiger partial charge on any atom is 0.201 e. The molecule has 234 valence electrons. The van der Waals surface area contributed by atoms with Crippen LogP contribution < -0.4 is 18.9 Å². The minimum absolute atomic E-state index is 0.0140. The highest BCUT2D eigenvalue weighted by Crippen LogP contribution is 2.55. The second-order valence-corrected chi connectivity index (χ2v) is 10.7. The molecule has 4 rings (SSSR count). The largest absolute Gasteiger partial charge is 0.502 e. The molecule has 13 heteroatoms. The molecule has 1 aliphatic heterocycles. The molecule has 0 amide bonds. The number of methoxy groups -OCH3 is 4. The first kappa shape index (κ1) is 31.9. The van der Waals surface area contributed by atoms with Crippen molar-refractivity contribution in [1.82, 2.24) is 0 Å². The summed E-state index contributed by atoms with van der Waals surface area (Å²) in [6.07, 6.45) is -6.12. The van der Waals surface area contributed by atoms with Crippen molar-refractivity contribution in [1.29, 1.82) is 0 Å². The first-order valence-corrected chi connectivity index (χ1v) is 13.5. The number of fused-ring (bicyclic) bond motifs is 1. The van der Waals surface area contributed by atoms with Crippen LogP contribution in [0.4, 0.5) is 0 Å². The molecule has 0 bridgehead atoms. The summed E-state index contributed by atoms with van der Waals surface area (Å²) < 4.78 is 33.1. The molecule has 7 atom stereocenters. The van der Waals surface area contributed by atoms with Gasteiger partial charge in [-0.15, -0.1) is 0 Å². The van der Waals surface area contributed by atoms with Gasteiger partial charge in [0.15, 0.2) is 29.3 Å². The van der Waals surface area contributed by atoms with Crippen molar-refractivity contribution in [2.24, 2.45) is 5.41 Å². The summed E-state index contributed by atoms with van der Waals surface area (Å²) >= 11 is 0. The zero-order chi connectivity index (χ0) is 30.8. The third-order valence-corrected chi connectivity index (χ3v) is 8.32. The van der Waals surface area contributed by atoms with Crippen molar-refractivity contribution in [2.75, 3.05) is 48.3 Å². The Morgan fingerprint density at radius 1 is 0.833 bits per heavy atom. The highest BCUT2D eigenvalue weighted by atomic mass is 16.7. The standard InChI is InChI=1S/C29H40O13/c1-37-17-7-14(8-18(38-2)22(17)32)16-11-29(13-31,10-15-9-19(39-3)24(34)27(40-4)21(15)16)5-6-41-28-26(36)25(35)23(33)20(12-30)42-28/h7-9,16,20,23,25-26,28,30-36H,5-6,10-13H2,1-4H3/t16-,20?,23+,25?,26?,28+,29?/m0/s1. The number of hydrogen-bond donors (Lipinski definition) is 7. The predicted molar refractivity (Wildman–Crippen MR) is 146 cm³/mol. The van der Waals surface area contributed by atoms with Crippen molar-refractivity contribution in [2.45, 2.75) is 55.9 Å². The van der Waals surface area contributed by atoms with Crippen LogP contribution in [0.2, 0.25) is 0 Å². The zero-order valence-electron chi connectivity index (χ0n) is 24.0. The first-order chi connectivity index (χ1) is 20.1. The van der Waals surface area contributed by atoms with Crippen molar-refractivity contribution in [3.8, 4) is 34.5 Å². The van der Waals surface area contributed by atoms with Crippen LogP contribution in [0.5, 0.6) is 34.5 Å². The van der Waals surface area contributed by atoms with Crippen LogP contribution in [0.25, 0.3) is 0 Å². The molecular weight excluding hydrogens is 556 g/mol. The highest BCUT2D eigenvalue weighted by molar-refractivity contribution is 5.63. The fraction of sp³-hybridized carbons (Fsp3) is 0.586. The molecule has 0 aromatic heterocycles. The van der Waals surface area contributed by atoms with E-state index in [1.165, 1.54) is 28.4 Å². The van der Waals surface area contributed by atoms with E-state index in [0.29, 0.717) is 24.0 Å². The van der Waals surface area contributed by atoms with Gasteiger partial charge in [-0.1, -0.05) is 0 Å². The molecule has 42 heavy (non-hydrogen) atoms. The maximum atomic E-state index is 10.9. The van der Waals surface area contributed by atoms with Gasteiger partial charge in [-0.25, -0.2) is 0 Å². The molecule has 13 nitrogen and oxygen atoms in total. The molecule has 4 unspecified atom stereocenters. The lowest BCUT2D eigenvalue weighted by Crippen LogP contribution is -2.59. The first-order valence-electron chi connectivity index (χ1n) is 13.5. The molecule has 0 radical (unpaired) electrons. The number of hydrogen-bond acceptors (Lipinski definition) is 13. The van der Waals surface area contributed by atoms with Gasteiger partial charge < -0.3 is 64.2 Å². The minimum atomic E-state index is -1.58. The monoisotopic (exact) mass is 596 g/mol. The summed E-state index contributed by atoms with van der Waals surface area (Å²) in [6, 6.07) is 5.01. The summed E-state index contributed by atoms with van der Waals surface area (Å²) in [7, 11) is 5.69. The van der Waals surface area contributed by atoms with Gasteiger partial charge in [0.25, 0.3) is 0 Å². The van der Waals surface area contributed by atoms with E-state index in [1.807, 2.05) is 0 Å². The lowest BCUT2D eigenvalue weighted by molar-refractivity contribution is -0.302. The second kappa shape index (κ2) is 13.1. The number of phenols is 2. The molecule has 2 aliphatic rings. The molecule has 1 heterocycles. The van der Waals surface area contributed by atoms with E-state index in [0.717, 1.165) is 5.56 Å². The van der Waals surface area contributed by atoms with E-state index in [4.69, 9.17) is 28.4 Å². The minimum Gasteiger partial charge on any atom is -0.502 e. The number of ether oxygens (including phenoxy) is 6. The normalized spacial score (nSPS) is 29.1. The van der Waals surface area contributed by atoms with Gasteiger partial charge in [-0.2, -0.15) is 0 Å². The van der Waals surface area contributed by atoms with Gasteiger partial charge in [0, 0.05) is 23.5 Å². The van der Waals surface area contributed by atoms with E-state index in [2.05, 4.69) is 0 Å². The van der Waals surface area contributed by atoms with E-state index >= 15 is 0 Å². The summed E-state index contributed by atoms with van der Waals surface area (Å²) in [4.78, 5) is 0. The summed E-state index contributed by atoms with van der Waals surface area (Å²) in [5, 5.41) is 72.3. The van der Waals surface area contributed by atoms with Crippen LogP contribution in [0.3, 0.4) is 0 Å². The highest BCUT2D eigenvalue weighted by Gasteiger charge is 2.46. The SMILES string of the molecule is COc1cc([C@@H]2CC(CO)(CCO[C@@H]3OC(CO)[C@@H](O)C(O)C3O)Cc3cc(OC)c(O)c(OC)c32)cc(OC)c1O. The topological polar surface area (TPSA) is 197 Å². The van der Waals surface area contributed by atoms with E-state index < -0.39 is 48.6 Å². The average Bonchev–Trinajstić information content (AvgIpc) is 3.00. The Morgan fingerprint density at radius 3 is 2.00 bits per heavy atom. The lowest BCUT2D eigenvalue weighted by Gasteiger charge is -2.43. The number of aromatic hydroxyl groups is 2. The Morgan fingerprint density at radius 2 is 1.45 bits per heavy atom. The molecule has 1 saturated heterocycles. The van der Waals surface area contributed by atoms with Crippen molar-refractivity contribution in [3.05, 3.63) is 34.9 Å². The molecule has 1 fully saturated rings. The fourth-order valence-corrected chi connectivity index (χ4v) is 5.98.